The smallest absolute Gasteiger partial charge is 0.328 e. The van der Waals surface area contributed by atoms with Crippen molar-refractivity contribution in [2.45, 2.75) is 0 Å². The fourth-order valence-electron chi connectivity index (χ4n) is 0.0638. The Balaban J connectivity index is 3.30. The van der Waals surface area contributed by atoms with Crippen LogP contribution in [0.1, 0.15) is 0 Å². The van der Waals surface area contributed by atoms with Crippen molar-refractivity contribution >= 4 is 18.6 Å². The summed E-state index contributed by atoms with van der Waals surface area (Å²) in [5.41, 5.74) is 0. The summed E-state index contributed by atoms with van der Waals surface area (Å²) in [5.74, 6) is -0.968. The second-order valence-corrected chi connectivity index (χ2v) is 0.952. The van der Waals surface area contributed by atoms with Gasteiger partial charge in [0.25, 0.3) is 0 Å². The third kappa shape index (κ3) is 3.56. The third-order valence-corrected chi connectivity index (χ3v) is 0.366. The van der Waals surface area contributed by atoms with E-state index in [2.05, 4.69) is 12.6 Å². The summed E-state index contributed by atoms with van der Waals surface area (Å²) in [5, 5.41) is 8.95. The summed E-state index contributed by atoms with van der Waals surface area (Å²) in [4.78, 5) is 9.46. The van der Waals surface area contributed by atoms with Gasteiger partial charge in [0.2, 0.25) is 0 Å². The molecule has 0 amide bonds. The van der Waals surface area contributed by atoms with Crippen LogP contribution in [0.5, 0.6) is 0 Å². The number of thiol groups is 1. The lowest BCUT2D eigenvalue weighted by molar-refractivity contribution is -0.131. The van der Waals surface area contributed by atoms with Crippen molar-refractivity contribution in [1.82, 2.24) is 0 Å². The Morgan fingerprint density at radius 3 is 2.33 bits per heavy atom. The molecule has 0 aliphatic carbocycles. The molecule has 0 unspecified atom stereocenters. The Morgan fingerprint density at radius 1 is 1.83 bits per heavy atom. The monoisotopic (exact) mass is 104 g/mol. The van der Waals surface area contributed by atoms with Crippen LogP contribution >= 0.6 is 12.6 Å². The fraction of sp³-hybridized carbons (Fsp3) is 0. The van der Waals surface area contributed by atoms with Gasteiger partial charge in [0.05, 0.1) is 0 Å². The van der Waals surface area contributed by atoms with Crippen molar-refractivity contribution in [2.24, 2.45) is 0 Å². The van der Waals surface area contributed by atoms with Crippen LogP contribution in [0.3, 0.4) is 0 Å². The summed E-state index contributed by atoms with van der Waals surface area (Å²) < 4.78 is 0. The highest BCUT2D eigenvalue weighted by atomic mass is 32.1. The van der Waals surface area contributed by atoms with Gasteiger partial charge in [0.15, 0.2) is 0 Å². The van der Waals surface area contributed by atoms with Gasteiger partial charge in [-0.1, -0.05) is 0 Å². The molecule has 0 aromatic carbocycles. The normalized spacial score (nSPS) is 9.50. The molecular formula is C3H4O2S. The van der Waals surface area contributed by atoms with Gasteiger partial charge < -0.3 is 5.11 Å². The van der Waals surface area contributed by atoms with E-state index in [0.29, 0.717) is 0 Å². The SMILES string of the molecule is O=C(O)/C=C\S. The zero-order valence-electron chi connectivity index (χ0n) is 2.96. The predicted molar refractivity (Wildman–Crippen MR) is 25.8 cm³/mol. The molecule has 0 spiro atoms. The quantitative estimate of drug-likeness (QED) is 0.376. The first-order valence-corrected chi connectivity index (χ1v) is 1.82. The second kappa shape index (κ2) is 2.78. The molecule has 0 aromatic rings. The van der Waals surface area contributed by atoms with E-state index in [9.17, 15) is 4.79 Å². The first kappa shape index (κ1) is 5.56. The van der Waals surface area contributed by atoms with Crippen molar-refractivity contribution in [2.75, 3.05) is 0 Å². The Labute approximate surface area is 40.9 Å². The van der Waals surface area contributed by atoms with E-state index in [1.165, 1.54) is 5.41 Å². The van der Waals surface area contributed by atoms with Crippen LogP contribution < -0.4 is 0 Å². The molecule has 34 valence electrons. The minimum absolute atomic E-state index is 0.948. The molecule has 0 fully saturated rings. The van der Waals surface area contributed by atoms with Gasteiger partial charge in [-0.05, 0) is 5.41 Å². The van der Waals surface area contributed by atoms with Crippen LogP contribution in [0.25, 0.3) is 0 Å². The molecule has 1 N–H and O–H groups in total. The largest absolute Gasteiger partial charge is 0.478 e. The zero-order chi connectivity index (χ0) is 4.99. The zero-order valence-corrected chi connectivity index (χ0v) is 3.85. The van der Waals surface area contributed by atoms with Crippen LogP contribution in [-0.4, -0.2) is 11.1 Å². The third-order valence-electron chi connectivity index (χ3n) is 0.217. The number of hydrogen-bond acceptors (Lipinski definition) is 2. The Kier molecular flexibility index (Phi) is 2.58. The summed E-state index contributed by atoms with van der Waals surface area (Å²) in [6.07, 6.45) is 0.948. The molecule has 6 heavy (non-hydrogen) atoms. The van der Waals surface area contributed by atoms with E-state index in [-0.39, 0.29) is 0 Å². The molecule has 0 saturated heterocycles. The molecule has 0 saturated carbocycles. The minimum Gasteiger partial charge on any atom is -0.478 e. The lowest BCUT2D eigenvalue weighted by atomic mass is 10.7. The number of hydrogen-bond donors (Lipinski definition) is 2. The van der Waals surface area contributed by atoms with Crippen molar-refractivity contribution in [3.8, 4) is 0 Å². The van der Waals surface area contributed by atoms with Crippen LogP contribution in [0, 0.1) is 0 Å². The average molecular weight is 104 g/mol. The van der Waals surface area contributed by atoms with Crippen LogP contribution in [0.15, 0.2) is 11.5 Å². The molecule has 3 heteroatoms. The van der Waals surface area contributed by atoms with Gasteiger partial charge in [0, 0.05) is 6.08 Å². The predicted octanol–water partition coefficient (Wildman–Crippen LogP) is 0.514. The Morgan fingerprint density at radius 2 is 2.33 bits per heavy atom. The van der Waals surface area contributed by atoms with E-state index in [4.69, 9.17) is 5.11 Å². The highest BCUT2D eigenvalue weighted by Crippen LogP contribution is 1.73. The first-order chi connectivity index (χ1) is 2.77. The molecule has 0 aromatic heterocycles. The summed E-state index contributed by atoms with van der Waals surface area (Å²) in [6, 6.07) is 0. The minimum atomic E-state index is -0.968. The highest BCUT2D eigenvalue weighted by Gasteiger charge is 1.77. The molecule has 0 bridgehead atoms. The standard InChI is InChI=1S/C3H4O2S/c4-3(5)1-2-6/h1-2,6H,(H,4,5)/b2-1-. The van der Waals surface area contributed by atoms with Crippen molar-refractivity contribution < 1.29 is 9.90 Å². The van der Waals surface area contributed by atoms with E-state index in [1.807, 2.05) is 0 Å². The van der Waals surface area contributed by atoms with Gasteiger partial charge in [0.1, 0.15) is 0 Å². The summed E-state index contributed by atoms with van der Waals surface area (Å²) >= 11 is 3.50. The van der Waals surface area contributed by atoms with Gasteiger partial charge >= 0.3 is 5.97 Å². The molecule has 0 aliphatic heterocycles. The van der Waals surface area contributed by atoms with Gasteiger partial charge in [-0.15, -0.1) is 0 Å². The Bertz CT molecular complexity index is 76.9. The molecular weight excluding hydrogens is 100 g/mol. The topological polar surface area (TPSA) is 37.3 Å². The van der Waals surface area contributed by atoms with E-state index >= 15 is 0 Å². The van der Waals surface area contributed by atoms with Crippen LogP contribution in [-0.2, 0) is 4.79 Å². The van der Waals surface area contributed by atoms with Gasteiger partial charge in [-0.2, -0.15) is 12.6 Å². The summed E-state index contributed by atoms with van der Waals surface area (Å²) in [7, 11) is 0. The number of carboxylic acid groups (broad SMARTS) is 1. The molecule has 0 rings (SSSR count). The molecule has 0 atom stereocenters. The maximum atomic E-state index is 9.46. The van der Waals surface area contributed by atoms with Gasteiger partial charge in [-0.25, -0.2) is 4.79 Å². The van der Waals surface area contributed by atoms with Crippen molar-refractivity contribution in [3.63, 3.8) is 0 Å². The molecule has 0 radical (unpaired) electrons. The molecule has 0 aliphatic rings. The van der Waals surface area contributed by atoms with Crippen molar-refractivity contribution in [3.05, 3.63) is 11.5 Å². The lowest BCUT2D eigenvalue weighted by Gasteiger charge is -1.68. The maximum Gasteiger partial charge on any atom is 0.328 e. The highest BCUT2D eigenvalue weighted by molar-refractivity contribution is 7.83. The second-order valence-electron chi connectivity index (χ2n) is 0.654. The van der Waals surface area contributed by atoms with E-state index in [1.54, 1.807) is 0 Å². The average Bonchev–Trinajstić information content (AvgIpc) is 1.35. The van der Waals surface area contributed by atoms with Gasteiger partial charge in [-0.3, -0.25) is 0 Å². The maximum absolute atomic E-state index is 9.46. The number of carbonyl (C=O) groups is 1. The fourth-order valence-corrected chi connectivity index (χ4v) is 0.191. The molecule has 2 nitrogen and oxygen atoms in total. The first-order valence-electron chi connectivity index (χ1n) is 1.31. The lowest BCUT2D eigenvalue weighted by Crippen LogP contribution is -1.83. The van der Waals surface area contributed by atoms with Crippen molar-refractivity contribution in [1.29, 1.82) is 0 Å². The van der Waals surface area contributed by atoms with E-state index in [0.717, 1.165) is 6.08 Å². The number of rotatable bonds is 1. The molecule has 0 heterocycles. The van der Waals surface area contributed by atoms with Crippen LogP contribution in [0.4, 0.5) is 0 Å². The van der Waals surface area contributed by atoms with Crippen LogP contribution in [0.2, 0.25) is 0 Å². The Hall–Kier alpha value is -0.440. The van der Waals surface area contributed by atoms with E-state index < -0.39 is 5.97 Å². The summed E-state index contributed by atoms with van der Waals surface area (Å²) in [6.45, 7) is 0. The number of aliphatic carboxylic acids is 1. The number of carboxylic acids is 1.